The minimum atomic E-state index is -0.383. The van der Waals surface area contributed by atoms with Gasteiger partial charge in [-0.25, -0.2) is 0 Å². The minimum absolute atomic E-state index is 0.0352. The van der Waals surface area contributed by atoms with E-state index in [9.17, 15) is 0 Å². The summed E-state index contributed by atoms with van der Waals surface area (Å²) >= 11 is 0. The maximum absolute atomic E-state index is 7.34. The molecular weight excluding hydrogens is 592 g/mol. The summed E-state index contributed by atoms with van der Waals surface area (Å²) in [6, 6.07) is 0. The van der Waals surface area contributed by atoms with E-state index in [2.05, 4.69) is 79.7 Å². The average Bonchev–Trinajstić information content (AvgIpc) is 3.48. The van der Waals surface area contributed by atoms with Crippen molar-refractivity contribution in [3.8, 4) is 0 Å². The molecule has 1 rings (SSSR count). The van der Waals surface area contributed by atoms with Crippen molar-refractivity contribution < 1.29 is 9.47 Å². The molecule has 6 nitrogen and oxygen atoms in total. The van der Waals surface area contributed by atoms with Crippen LogP contribution in [0.1, 0.15) is 168 Å². The van der Waals surface area contributed by atoms with Crippen molar-refractivity contribution in [3.05, 3.63) is 48.6 Å². The SMILES string of the molecule is CC/C=C\C/C=C\CCCCCCCCC1(CCCCCCCC/C=C\C/C=C\CCCCC)OCC(CCN(C)CCNC(=N)N)O1. The Hall–Kier alpha value is -1.89. The van der Waals surface area contributed by atoms with Gasteiger partial charge in [0, 0.05) is 32.5 Å². The number of nitrogens with one attached hydrogen (secondary N) is 2. The molecule has 0 bridgehead atoms. The molecule has 1 heterocycles. The Labute approximate surface area is 297 Å². The van der Waals surface area contributed by atoms with Crippen LogP contribution in [-0.2, 0) is 9.47 Å². The topological polar surface area (TPSA) is 83.6 Å². The number of hydrogen-bond acceptors (Lipinski definition) is 4. The zero-order valence-corrected chi connectivity index (χ0v) is 31.8. The van der Waals surface area contributed by atoms with Gasteiger partial charge in [-0.05, 0) is 84.1 Å². The van der Waals surface area contributed by atoms with Gasteiger partial charge in [0.05, 0.1) is 12.7 Å². The lowest BCUT2D eigenvalue weighted by atomic mass is 9.98. The molecule has 2 atom stereocenters. The van der Waals surface area contributed by atoms with Gasteiger partial charge in [0.1, 0.15) is 0 Å². The van der Waals surface area contributed by atoms with E-state index < -0.39 is 0 Å². The third-order valence-corrected chi connectivity index (χ3v) is 9.33. The third kappa shape index (κ3) is 27.0. The maximum atomic E-state index is 7.34. The smallest absolute Gasteiger partial charge is 0.185 e. The van der Waals surface area contributed by atoms with E-state index in [-0.39, 0.29) is 17.9 Å². The van der Waals surface area contributed by atoms with Gasteiger partial charge in [-0.3, -0.25) is 5.41 Å². The molecule has 1 aliphatic rings. The number of rotatable bonds is 33. The fourth-order valence-corrected chi connectivity index (χ4v) is 6.31. The summed E-state index contributed by atoms with van der Waals surface area (Å²) in [4.78, 5) is 2.28. The molecule has 48 heavy (non-hydrogen) atoms. The summed E-state index contributed by atoms with van der Waals surface area (Å²) < 4.78 is 13.2. The monoisotopic (exact) mass is 671 g/mol. The van der Waals surface area contributed by atoms with Crippen LogP contribution >= 0.6 is 0 Å². The molecule has 278 valence electrons. The fourth-order valence-electron chi connectivity index (χ4n) is 6.31. The second-order valence-electron chi connectivity index (χ2n) is 14.0. The van der Waals surface area contributed by atoms with Crippen molar-refractivity contribution in [3.63, 3.8) is 0 Å². The molecule has 1 fully saturated rings. The lowest BCUT2D eigenvalue weighted by Crippen LogP contribution is -2.37. The minimum Gasteiger partial charge on any atom is -0.370 e. The molecule has 1 saturated heterocycles. The van der Waals surface area contributed by atoms with E-state index in [1.165, 1.54) is 116 Å². The van der Waals surface area contributed by atoms with Gasteiger partial charge in [-0.15, -0.1) is 0 Å². The number of ether oxygens (including phenoxy) is 2. The summed E-state index contributed by atoms with van der Waals surface area (Å²) in [5.41, 5.74) is 5.42. The van der Waals surface area contributed by atoms with Crippen molar-refractivity contribution in [1.82, 2.24) is 10.2 Å². The number of likely N-dealkylation sites (N-methyl/N-ethyl adjacent to an activating group) is 1. The third-order valence-electron chi connectivity index (χ3n) is 9.33. The van der Waals surface area contributed by atoms with E-state index in [4.69, 9.17) is 20.6 Å². The zero-order valence-electron chi connectivity index (χ0n) is 31.8. The molecule has 0 aromatic carbocycles. The maximum Gasteiger partial charge on any atom is 0.185 e. The Bertz CT molecular complexity index is 855. The number of guanidine groups is 1. The lowest BCUT2D eigenvalue weighted by molar-refractivity contribution is -0.180. The van der Waals surface area contributed by atoms with Crippen LogP contribution < -0.4 is 11.1 Å². The van der Waals surface area contributed by atoms with E-state index in [0.29, 0.717) is 13.2 Å². The zero-order chi connectivity index (χ0) is 34.8. The van der Waals surface area contributed by atoms with Crippen LogP contribution in [0.15, 0.2) is 48.6 Å². The average molecular weight is 671 g/mol. The van der Waals surface area contributed by atoms with Gasteiger partial charge >= 0.3 is 0 Å². The molecule has 1 aliphatic heterocycles. The van der Waals surface area contributed by atoms with Gasteiger partial charge in [0.25, 0.3) is 0 Å². The number of unbranched alkanes of at least 4 members (excludes halogenated alkanes) is 15. The molecule has 6 heteroatoms. The Balaban J connectivity index is 2.31. The molecule has 0 aromatic rings. The number of hydrogen-bond donors (Lipinski definition) is 3. The molecule has 0 spiro atoms. The number of nitrogens with zero attached hydrogens (tertiary/aromatic N) is 1. The first-order valence-corrected chi connectivity index (χ1v) is 20.2. The van der Waals surface area contributed by atoms with E-state index in [0.717, 1.165) is 51.6 Å². The van der Waals surface area contributed by atoms with Crippen molar-refractivity contribution in [2.75, 3.05) is 33.3 Å². The lowest BCUT2D eigenvalue weighted by Gasteiger charge is -2.29. The molecule has 0 saturated carbocycles. The van der Waals surface area contributed by atoms with Gasteiger partial charge < -0.3 is 25.4 Å². The van der Waals surface area contributed by atoms with Gasteiger partial charge in [-0.1, -0.05) is 127 Å². The summed E-state index contributed by atoms with van der Waals surface area (Å²) in [6.45, 7) is 7.67. The van der Waals surface area contributed by atoms with Gasteiger partial charge in [-0.2, -0.15) is 0 Å². The highest BCUT2D eigenvalue weighted by Gasteiger charge is 2.40. The Morgan fingerprint density at radius 1 is 0.708 bits per heavy atom. The second kappa shape index (κ2) is 32.3. The van der Waals surface area contributed by atoms with Crippen LogP contribution in [0.3, 0.4) is 0 Å². The summed E-state index contributed by atoms with van der Waals surface area (Å²) in [7, 11) is 2.12. The standard InChI is InChI=1S/C42H78N4O2/c1-4-6-8-10-12-14-16-18-19-20-22-24-26-28-30-32-35-42(34-31-29-27-25-23-21-17-15-13-11-9-7-5-2)47-39-40(48-42)33-37-46(3)38-36-45-41(43)44/h7,9,12-15,18-19,40H,4-6,8,10-11,16-17,20-39H2,1-3H3,(H4,43,44,45)/b9-7-,14-12-,15-13-,19-18-. The van der Waals surface area contributed by atoms with E-state index in [1.54, 1.807) is 0 Å². The van der Waals surface area contributed by atoms with Crippen LogP contribution in [0, 0.1) is 5.41 Å². The van der Waals surface area contributed by atoms with Crippen molar-refractivity contribution >= 4 is 5.96 Å². The largest absolute Gasteiger partial charge is 0.370 e. The molecule has 0 radical (unpaired) electrons. The highest BCUT2D eigenvalue weighted by atomic mass is 16.7. The first-order valence-electron chi connectivity index (χ1n) is 20.2. The Morgan fingerprint density at radius 3 is 1.73 bits per heavy atom. The molecule has 4 N–H and O–H groups in total. The molecule has 0 aliphatic carbocycles. The highest BCUT2D eigenvalue weighted by Crippen LogP contribution is 2.35. The van der Waals surface area contributed by atoms with Crippen LogP contribution in [0.25, 0.3) is 0 Å². The molecule has 0 aromatic heterocycles. The first kappa shape index (κ1) is 44.1. The predicted octanol–water partition coefficient (Wildman–Crippen LogP) is 11.1. The van der Waals surface area contributed by atoms with Crippen LogP contribution in [-0.4, -0.2) is 56.0 Å². The molecular formula is C42H78N4O2. The summed E-state index contributed by atoms with van der Waals surface area (Å²) in [5.74, 6) is -0.348. The van der Waals surface area contributed by atoms with E-state index >= 15 is 0 Å². The summed E-state index contributed by atoms with van der Waals surface area (Å²) in [6.07, 6.45) is 48.1. The van der Waals surface area contributed by atoms with Crippen molar-refractivity contribution in [1.29, 1.82) is 5.41 Å². The Kier molecular flexibility index (Phi) is 29.7. The number of allylic oxidation sites excluding steroid dienone is 8. The fraction of sp³-hybridized carbons (Fsp3) is 0.786. The van der Waals surface area contributed by atoms with Crippen LogP contribution in [0.4, 0.5) is 0 Å². The van der Waals surface area contributed by atoms with Crippen molar-refractivity contribution in [2.24, 2.45) is 5.73 Å². The molecule has 0 amide bonds. The highest BCUT2D eigenvalue weighted by molar-refractivity contribution is 5.74. The normalized spacial score (nSPS) is 18.5. The van der Waals surface area contributed by atoms with E-state index in [1.807, 2.05) is 0 Å². The van der Waals surface area contributed by atoms with Gasteiger partial charge in [0.2, 0.25) is 0 Å². The molecule has 2 unspecified atom stereocenters. The first-order chi connectivity index (χ1) is 23.5. The van der Waals surface area contributed by atoms with Gasteiger partial charge in [0.15, 0.2) is 11.7 Å². The second-order valence-corrected chi connectivity index (χ2v) is 14.0. The summed E-state index contributed by atoms with van der Waals surface area (Å²) in [5, 5.41) is 10.2. The van der Waals surface area contributed by atoms with Crippen LogP contribution in [0.5, 0.6) is 0 Å². The predicted molar refractivity (Wildman–Crippen MR) is 210 cm³/mol. The number of nitrogens with two attached hydrogens (primary N) is 1. The van der Waals surface area contributed by atoms with Crippen molar-refractivity contribution in [2.45, 2.75) is 180 Å². The Morgan fingerprint density at radius 2 is 1.21 bits per heavy atom. The quantitative estimate of drug-likeness (QED) is 0.0280. The van der Waals surface area contributed by atoms with Crippen LogP contribution in [0.2, 0.25) is 0 Å².